The van der Waals surface area contributed by atoms with Crippen molar-refractivity contribution in [2.24, 2.45) is 0 Å². The third-order valence-electron chi connectivity index (χ3n) is 0. The Labute approximate surface area is 64.0 Å². The first-order valence-electron chi connectivity index (χ1n) is 0.791. The predicted molar refractivity (Wildman–Crippen MR) is 39.7 cm³/mol. The minimum Gasteiger partial charge on any atom is -0.197 e. The Morgan fingerprint density at radius 2 is 1.17 bits per heavy atom. The van der Waals surface area contributed by atoms with Gasteiger partial charge in [0, 0.05) is 0 Å². The van der Waals surface area contributed by atoms with E-state index in [1.54, 1.807) is 0 Å². The smallest absolute Gasteiger partial charge is 0.197 e. The molecule has 0 aromatic carbocycles. The fraction of sp³-hybridized carbons (Fsp3) is 1.00. The van der Waals surface area contributed by atoms with Crippen LogP contribution in [-0.2, 0) is 0 Å². The zero-order valence-electron chi connectivity index (χ0n) is 2.58. The molecule has 40 valence electrons. The summed E-state index contributed by atoms with van der Waals surface area (Å²) in [5.41, 5.74) is 0. The average molecular weight is 186 g/mol. The van der Waals surface area contributed by atoms with Gasteiger partial charge in [0.25, 0.3) is 0 Å². The molecule has 0 spiro atoms. The van der Waals surface area contributed by atoms with E-state index in [9.17, 15) is 0 Å². The first-order valence-corrected chi connectivity index (χ1v) is 2.37. The molecule has 0 amide bonds. The molecule has 0 saturated heterocycles. The molecule has 0 aliphatic heterocycles. The monoisotopic (exact) mass is 184 g/mol. The van der Waals surface area contributed by atoms with Crippen molar-refractivity contribution in [3.8, 4) is 0 Å². The summed E-state index contributed by atoms with van der Waals surface area (Å²) in [6.07, 6.45) is 0. The van der Waals surface area contributed by atoms with Gasteiger partial charge >= 0.3 is 0 Å². The molecule has 0 fully saturated rings. The van der Waals surface area contributed by atoms with E-state index in [1.165, 1.54) is 0 Å². The van der Waals surface area contributed by atoms with Crippen molar-refractivity contribution in [1.29, 1.82) is 0 Å². The van der Waals surface area contributed by atoms with Crippen LogP contribution in [0.25, 0.3) is 0 Å². The summed E-state index contributed by atoms with van der Waals surface area (Å²) >= 11 is 18.2. The van der Waals surface area contributed by atoms with Gasteiger partial charge in [-0.15, -0.1) is 12.6 Å². The number of hydrogen-bond acceptors (Lipinski definition) is 1. The van der Waals surface area contributed by atoms with E-state index in [4.69, 9.17) is 34.8 Å². The number of rotatable bonds is 0. The Bertz CT molecular complexity index is 24.3. The summed E-state index contributed by atoms with van der Waals surface area (Å²) < 4.78 is -1.39. The molecule has 0 aliphatic carbocycles. The van der Waals surface area contributed by atoms with Crippen LogP contribution < -0.4 is 0 Å². The highest BCUT2D eigenvalue weighted by molar-refractivity contribution is 7.87. The van der Waals surface area contributed by atoms with E-state index in [-0.39, 0.29) is 13.5 Å². The largest absolute Gasteiger partial charge is 0.234 e. The number of thiol groups is 1. The Balaban J connectivity index is 0. The second-order valence-corrected chi connectivity index (χ2v) is 4.21. The molecule has 0 saturated carbocycles. The average Bonchev–Trinajstić information content (AvgIpc) is 0.722. The normalized spacial score (nSPS) is 10.0. The lowest BCUT2D eigenvalue weighted by Gasteiger charge is -1.93. The van der Waals surface area contributed by atoms with E-state index in [1.807, 2.05) is 0 Å². The molecule has 0 heterocycles. The minimum atomic E-state index is -1.39. The van der Waals surface area contributed by atoms with Gasteiger partial charge in [0.15, 0.2) is 0 Å². The van der Waals surface area contributed by atoms with Crippen LogP contribution in [0.3, 0.4) is 0 Å². The number of alkyl halides is 3. The van der Waals surface area contributed by atoms with Crippen LogP contribution in [0.2, 0.25) is 0 Å². The second-order valence-electron chi connectivity index (χ2n) is 0.468. The zero-order chi connectivity index (χ0) is 4.50. The highest BCUT2D eigenvalue weighted by Crippen LogP contribution is 2.29. The van der Waals surface area contributed by atoms with E-state index in [0.29, 0.717) is 0 Å². The Kier molecular flexibility index (Phi) is 6.24. The standard InChI is InChI=1S/CHCl3S.H2S/c2-1(3,4)5;/h5H;1H2. The molecule has 0 aromatic heterocycles. The van der Waals surface area contributed by atoms with Crippen molar-refractivity contribution < 1.29 is 0 Å². The molecular weight excluding hydrogens is 183 g/mol. The van der Waals surface area contributed by atoms with Gasteiger partial charge in [-0.2, -0.15) is 13.5 Å². The summed E-state index contributed by atoms with van der Waals surface area (Å²) in [5.74, 6) is 0. The summed E-state index contributed by atoms with van der Waals surface area (Å²) in [5, 5.41) is 0. The van der Waals surface area contributed by atoms with Gasteiger partial charge in [0.2, 0.25) is 3.12 Å². The lowest BCUT2D eigenvalue weighted by atomic mass is 11.8. The molecule has 0 unspecified atom stereocenters. The third-order valence-corrected chi connectivity index (χ3v) is 0. The fourth-order valence-electron chi connectivity index (χ4n) is 0. The Hall–Kier alpha value is 1.57. The van der Waals surface area contributed by atoms with Crippen LogP contribution >= 0.6 is 60.9 Å². The second kappa shape index (κ2) is 3.56. The van der Waals surface area contributed by atoms with E-state index in [0.717, 1.165) is 0 Å². The topological polar surface area (TPSA) is 0 Å². The number of hydrogen-bond donors (Lipinski definition) is 1. The third kappa shape index (κ3) is 47.2. The summed E-state index contributed by atoms with van der Waals surface area (Å²) in [4.78, 5) is 0. The summed E-state index contributed by atoms with van der Waals surface area (Å²) in [6.45, 7) is 0. The van der Waals surface area contributed by atoms with E-state index < -0.39 is 3.12 Å². The molecule has 0 radical (unpaired) electrons. The van der Waals surface area contributed by atoms with Gasteiger partial charge in [0.1, 0.15) is 0 Å². The van der Waals surface area contributed by atoms with Crippen LogP contribution in [0.4, 0.5) is 0 Å². The minimum absolute atomic E-state index is 0. The summed E-state index contributed by atoms with van der Waals surface area (Å²) in [6, 6.07) is 0. The van der Waals surface area contributed by atoms with Crippen LogP contribution in [0, 0.1) is 0 Å². The maximum absolute atomic E-state index is 4.93. The molecular formula is CH3Cl3S2. The fourth-order valence-corrected chi connectivity index (χ4v) is 0. The molecule has 0 atom stereocenters. The van der Waals surface area contributed by atoms with Crippen molar-refractivity contribution in [1.82, 2.24) is 0 Å². The highest BCUT2D eigenvalue weighted by Gasteiger charge is 2.08. The van der Waals surface area contributed by atoms with Gasteiger partial charge in [-0.05, 0) is 0 Å². The molecule has 0 aromatic rings. The van der Waals surface area contributed by atoms with Crippen LogP contribution in [0.1, 0.15) is 0 Å². The van der Waals surface area contributed by atoms with Gasteiger partial charge in [-0.1, -0.05) is 34.8 Å². The lowest BCUT2D eigenvalue weighted by molar-refractivity contribution is 1.82. The first-order chi connectivity index (χ1) is 2.00. The van der Waals surface area contributed by atoms with Gasteiger partial charge in [-0.3, -0.25) is 0 Å². The van der Waals surface area contributed by atoms with Crippen molar-refractivity contribution >= 4 is 60.9 Å². The zero-order valence-corrected chi connectivity index (χ0v) is 6.74. The molecule has 0 N–H and O–H groups in total. The molecule has 0 aliphatic rings. The lowest BCUT2D eigenvalue weighted by Crippen LogP contribution is -1.81. The highest BCUT2D eigenvalue weighted by atomic mass is 35.6. The van der Waals surface area contributed by atoms with Crippen LogP contribution in [0.5, 0.6) is 0 Å². The van der Waals surface area contributed by atoms with Crippen molar-refractivity contribution in [3.63, 3.8) is 0 Å². The SMILES string of the molecule is S.SC(Cl)(Cl)Cl. The number of halogens is 3. The first kappa shape index (κ1) is 10.5. The van der Waals surface area contributed by atoms with Crippen LogP contribution in [0.15, 0.2) is 0 Å². The summed E-state index contributed by atoms with van der Waals surface area (Å²) in [7, 11) is 0. The van der Waals surface area contributed by atoms with Crippen LogP contribution in [-0.4, -0.2) is 3.12 Å². The van der Waals surface area contributed by atoms with E-state index in [2.05, 4.69) is 12.6 Å². The Morgan fingerprint density at radius 1 is 1.17 bits per heavy atom. The molecule has 5 heteroatoms. The van der Waals surface area contributed by atoms with Crippen molar-refractivity contribution in [3.05, 3.63) is 0 Å². The van der Waals surface area contributed by atoms with Gasteiger partial charge in [-0.25, -0.2) is 0 Å². The van der Waals surface area contributed by atoms with Crippen molar-refractivity contribution in [2.75, 3.05) is 0 Å². The molecule has 6 heavy (non-hydrogen) atoms. The van der Waals surface area contributed by atoms with E-state index >= 15 is 0 Å². The molecule has 0 nitrogen and oxygen atoms in total. The molecule has 0 rings (SSSR count). The quantitative estimate of drug-likeness (QED) is 0.435. The maximum atomic E-state index is 4.93. The molecule has 0 bridgehead atoms. The van der Waals surface area contributed by atoms with Crippen molar-refractivity contribution in [2.45, 2.75) is 3.12 Å². The van der Waals surface area contributed by atoms with Gasteiger partial charge < -0.3 is 0 Å². The Morgan fingerprint density at radius 3 is 1.17 bits per heavy atom. The van der Waals surface area contributed by atoms with Gasteiger partial charge in [0.05, 0.1) is 0 Å². The predicted octanol–water partition coefficient (Wildman–Crippen LogP) is 2.36. The maximum Gasteiger partial charge on any atom is 0.234 e.